The van der Waals surface area contributed by atoms with Crippen molar-refractivity contribution in [3.63, 3.8) is 0 Å². The van der Waals surface area contributed by atoms with Gasteiger partial charge in [-0.3, -0.25) is 0 Å². The Morgan fingerprint density at radius 2 is 1.80 bits per heavy atom. The summed E-state index contributed by atoms with van der Waals surface area (Å²) in [5.74, 6) is -1.92. The minimum atomic E-state index is -5.17. The Morgan fingerprint density at radius 1 is 1.27 bits per heavy atom. The lowest BCUT2D eigenvalue weighted by molar-refractivity contribution is -0.142. The highest BCUT2D eigenvalue weighted by atomic mass is 19.4. The molecule has 1 nitrogen and oxygen atoms in total. The quantitative estimate of drug-likeness (QED) is 0.530. The number of nitrogens with zero attached hydrogens (tertiary/aromatic N) is 1. The van der Waals surface area contributed by atoms with Crippen molar-refractivity contribution in [2.75, 3.05) is 0 Å². The van der Waals surface area contributed by atoms with Gasteiger partial charge < -0.3 is 0 Å². The van der Waals surface area contributed by atoms with Gasteiger partial charge in [0.2, 0.25) is 5.95 Å². The number of pyridine rings is 1. The molecule has 1 aromatic heterocycles. The number of rotatable bonds is 1. The van der Waals surface area contributed by atoms with E-state index in [2.05, 4.69) is 4.98 Å². The van der Waals surface area contributed by atoms with Crippen molar-refractivity contribution in [2.45, 2.75) is 19.5 Å². The molecule has 1 rings (SSSR count). The van der Waals surface area contributed by atoms with Gasteiger partial charge in [-0.1, -0.05) is 0 Å². The molecule has 15 heavy (non-hydrogen) atoms. The van der Waals surface area contributed by atoms with Crippen LogP contribution >= 0.6 is 0 Å². The van der Waals surface area contributed by atoms with Gasteiger partial charge in [0, 0.05) is 11.3 Å². The Kier molecular flexibility index (Phi) is 2.92. The molecule has 0 aliphatic heterocycles. The molecule has 0 fully saturated rings. The van der Waals surface area contributed by atoms with Gasteiger partial charge in [0.25, 0.3) is 6.43 Å². The van der Waals surface area contributed by atoms with Crippen LogP contribution in [0.15, 0.2) is 6.07 Å². The Hall–Kier alpha value is -1.27. The summed E-state index contributed by atoms with van der Waals surface area (Å²) in [6.45, 7) is 1.13. The molecule has 0 radical (unpaired) electrons. The Morgan fingerprint density at radius 3 is 2.20 bits per heavy atom. The summed E-state index contributed by atoms with van der Waals surface area (Å²) in [6.07, 6.45) is -8.56. The van der Waals surface area contributed by atoms with Gasteiger partial charge >= 0.3 is 6.18 Å². The fourth-order valence-electron chi connectivity index (χ4n) is 1.11. The minimum absolute atomic E-state index is 0.226. The molecule has 7 heteroatoms. The second-order valence-electron chi connectivity index (χ2n) is 2.82. The first-order valence-electron chi connectivity index (χ1n) is 3.76. The van der Waals surface area contributed by atoms with Crippen LogP contribution in [0.3, 0.4) is 0 Å². The summed E-state index contributed by atoms with van der Waals surface area (Å²) in [7, 11) is 0. The number of halogens is 6. The maximum absolute atomic E-state index is 12.8. The highest BCUT2D eigenvalue weighted by Crippen LogP contribution is 2.37. The van der Waals surface area contributed by atoms with Gasteiger partial charge in [-0.2, -0.15) is 17.6 Å². The first kappa shape index (κ1) is 11.8. The topological polar surface area (TPSA) is 12.9 Å². The fourth-order valence-corrected chi connectivity index (χ4v) is 1.11. The molecule has 0 aliphatic carbocycles. The molecule has 0 atom stereocenters. The lowest BCUT2D eigenvalue weighted by Gasteiger charge is -2.13. The lowest BCUT2D eigenvalue weighted by Crippen LogP contribution is -2.14. The average Bonchev–Trinajstić information content (AvgIpc) is 1.99. The highest BCUT2D eigenvalue weighted by molar-refractivity contribution is 5.31. The third-order valence-electron chi connectivity index (χ3n) is 1.65. The van der Waals surface area contributed by atoms with E-state index < -0.39 is 29.7 Å². The smallest absolute Gasteiger partial charge is 0.225 e. The van der Waals surface area contributed by atoms with Crippen LogP contribution in [0.2, 0.25) is 0 Å². The molecular formula is C8H5F6N. The van der Waals surface area contributed by atoms with Crippen molar-refractivity contribution >= 4 is 0 Å². The number of hydrogen-bond acceptors (Lipinski definition) is 1. The second-order valence-corrected chi connectivity index (χ2v) is 2.82. The standard InChI is InChI=1S/C8H5F6N/c1-3-2-4(6(9)10)5(7(11)15-3)8(12,13)14/h2,6H,1H3. The van der Waals surface area contributed by atoms with Crippen LogP contribution in [-0.2, 0) is 6.18 Å². The monoisotopic (exact) mass is 229 g/mol. The molecule has 84 valence electrons. The maximum atomic E-state index is 12.8. The van der Waals surface area contributed by atoms with Crippen molar-refractivity contribution in [1.82, 2.24) is 4.98 Å². The van der Waals surface area contributed by atoms with E-state index in [4.69, 9.17) is 0 Å². The summed E-state index contributed by atoms with van der Waals surface area (Å²) in [5.41, 5.74) is -3.61. The molecule has 0 spiro atoms. The van der Waals surface area contributed by atoms with Crippen LogP contribution in [-0.4, -0.2) is 4.98 Å². The molecule has 0 unspecified atom stereocenters. The molecule has 0 N–H and O–H groups in total. The second kappa shape index (κ2) is 3.71. The van der Waals surface area contributed by atoms with Crippen LogP contribution < -0.4 is 0 Å². The van der Waals surface area contributed by atoms with E-state index in [9.17, 15) is 26.3 Å². The molecule has 0 aromatic carbocycles. The van der Waals surface area contributed by atoms with E-state index in [0.717, 1.165) is 6.92 Å². The van der Waals surface area contributed by atoms with Crippen molar-refractivity contribution < 1.29 is 26.3 Å². The van der Waals surface area contributed by atoms with Gasteiger partial charge in [-0.25, -0.2) is 13.8 Å². The molecule has 0 amide bonds. The van der Waals surface area contributed by atoms with E-state index in [-0.39, 0.29) is 5.69 Å². The predicted molar refractivity (Wildman–Crippen MR) is 38.9 cm³/mol. The number of aryl methyl sites for hydroxylation is 1. The molecule has 0 saturated carbocycles. The summed E-state index contributed by atoms with van der Waals surface area (Å²) >= 11 is 0. The van der Waals surface area contributed by atoms with E-state index in [1.54, 1.807) is 0 Å². The first-order valence-corrected chi connectivity index (χ1v) is 3.76. The van der Waals surface area contributed by atoms with E-state index >= 15 is 0 Å². The molecular weight excluding hydrogens is 224 g/mol. The van der Waals surface area contributed by atoms with Crippen LogP contribution in [0.1, 0.15) is 23.2 Å². The normalized spacial score (nSPS) is 12.3. The van der Waals surface area contributed by atoms with E-state index in [0.29, 0.717) is 6.07 Å². The maximum Gasteiger partial charge on any atom is 0.421 e. The average molecular weight is 229 g/mol. The van der Waals surface area contributed by atoms with Gasteiger partial charge in [-0.15, -0.1) is 0 Å². The van der Waals surface area contributed by atoms with E-state index in [1.165, 1.54) is 0 Å². The van der Waals surface area contributed by atoms with Crippen molar-refractivity contribution in [1.29, 1.82) is 0 Å². The van der Waals surface area contributed by atoms with Crippen LogP contribution in [0.25, 0.3) is 0 Å². The van der Waals surface area contributed by atoms with Crippen LogP contribution in [0.5, 0.6) is 0 Å². The Labute approximate surface area is 80.7 Å². The molecule has 0 bridgehead atoms. The van der Waals surface area contributed by atoms with Crippen molar-refractivity contribution in [2.24, 2.45) is 0 Å². The zero-order valence-corrected chi connectivity index (χ0v) is 7.37. The third kappa shape index (κ3) is 2.40. The van der Waals surface area contributed by atoms with Gasteiger partial charge in [0.05, 0.1) is 0 Å². The number of alkyl halides is 5. The zero-order chi connectivity index (χ0) is 11.8. The van der Waals surface area contributed by atoms with Gasteiger partial charge in [0.15, 0.2) is 0 Å². The van der Waals surface area contributed by atoms with Crippen LogP contribution in [0, 0.1) is 12.9 Å². The lowest BCUT2D eigenvalue weighted by atomic mass is 10.1. The summed E-state index contributed by atoms with van der Waals surface area (Å²) < 4.78 is 73.8. The molecule has 0 saturated heterocycles. The van der Waals surface area contributed by atoms with E-state index in [1.807, 2.05) is 0 Å². The largest absolute Gasteiger partial charge is 0.421 e. The number of hydrogen-bond donors (Lipinski definition) is 0. The van der Waals surface area contributed by atoms with Crippen molar-refractivity contribution in [3.05, 3.63) is 28.8 Å². The molecule has 0 aliphatic rings. The summed E-state index contributed by atoms with van der Waals surface area (Å²) in [6, 6.07) is 0.524. The third-order valence-corrected chi connectivity index (χ3v) is 1.65. The van der Waals surface area contributed by atoms with Gasteiger partial charge in [0.1, 0.15) is 5.56 Å². The Balaban J connectivity index is 3.48. The van der Waals surface area contributed by atoms with Crippen LogP contribution in [0.4, 0.5) is 26.3 Å². The predicted octanol–water partition coefficient (Wildman–Crippen LogP) is 3.49. The summed E-state index contributed by atoms with van der Waals surface area (Å²) in [5, 5.41) is 0. The minimum Gasteiger partial charge on any atom is -0.225 e. The summed E-state index contributed by atoms with van der Waals surface area (Å²) in [4.78, 5) is 2.86. The molecule has 1 aromatic rings. The van der Waals surface area contributed by atoms with Gasteiger partial charge in [-0.05, 0) is 13.0 Å². The Bertz CT molecular complexity index is 370. The first-order chi connectivity index (χ1) is 6.73. The van der Waals surface area contributed by atoms with Crippen molar-refractivity contribution in [3.8, 4) is 0 Å². The fraction of sp³-hybridized carbons (Fsp3) is 0.375. The number of aromatic nitrogens is 1. The molecule has 1 heterocycles. The zero-order valence-electron chi connectivity index (χ0n) is 7.37. The highest BCUT2D eigenvalue weighted by Gasteiger charge is 2.40. The SMILES string of the molecule is Cc1cc(C(F)F)c(C(F)(F)F)c(F)n1.